The van der Waals surface area contributed by atoms with Crippen molar-refractivity contribution in [2.45, 2.75) is 49.9 Å². The van der Waals surface area contributed by atoms with E-state index in [1.54, 1.807) is 0 Å². The van der Waals surface area contributed by atoms with Crippen LogP contribution in [0.4, 0.5) is 4.79 Å². The molecule has 2 fully saturated rings. The molecule has 0 bridgehead atoms. The number of carbonyl (C=O) groups excluding carboxylic acids is 2. The number of terminal acetylenes is 1. The van der Waals surface area contributed by atoms with E-state index in [0.29, 0.717) is 32.4 Å². The summed E-state index contributed by atoms with van der Waals surface area (Å²) in [7, 11) is 0. The molecule has 0 radical (unpaired) electrons. The van der Waals surface area contributed by atoms with Crippen LogP contribution in [0.15, 0.2) is 10.2 Å². The van der Waals surface area contributed by atoms with E-state index in [-0.39, 0.29) is 24.1 Å². The molecule has 2 amide bonds. The van der Waals surface area contributed by atoms with Crippen molar-refractivity contribution in [3.8, 4) is 12.3 Å². The largest absolute Gasteiger partial charge is 0.443 e. The SMILES string of the molecule is C#CCCC1(CCC(=O)N[C@H]2CCN(CC3CNC(=O)O3)C2)N=N1. The topological polar surface area (TPSA) is 95.4 Å². The standard InChI is InChI=1S/C16H23N5O3/c1-2-3-6-16(19-20-16)7-4-14(22)18-12-5-8-21(10-12)11-13-9-17-15(23)24-13/h1,12-13H,3-11H2,(H,17,23)(H,18,22)/t12-,13?/m0/s1. The molecular formula is C16H23N5O3. The Balaban J connectivity index is 1.33. The van der Waals surface area contributed by atoms with E-state index in [1.807, 2.05) is 0 Å². The average Bonchev–Trinajstić information content (AvgIpc) is 3.01. The van der Waals surface area contributed by atoms with Crippen molar-refractivity contribution in [2.75, 3.05) is 26.2 Å². The summed E-state index contributed by atoms with van der Waals surface area (Å²) < 4.78 is 5.14. The van der Waals surface area contributed by atoms with Gasteiger partial charge in [0.2, 0.25) is 5.91 Å². The molecule has 0 aromatic rings. The number of likely N-dealkylation sites (tertiary alicyclic amines) is 1. The minimum atomic E-state index is -0.398. The molecule has 2 saturated heterocycles. The van der Waals surface area contributed by atoms with Crippen LogP contribution in [0.2, 0.25) is 0 Å². The van der Waals surface area contributed by atoms with Gasteiger partial charge in [0, 0.05) is 51.4 Å². The molecule has 3 heterocycles. The number of nitrogens with one attached hydrogen (secondary N) is 2. The fourth-order valence-electron chi connectivity index (χ4n) is 3.22. The molecule has 0 aromatic heterocycles. The maximum Gasteiger partial charge on any atom is 0.407 e. The Labute approximate surface area is 141 Å². The van der Waals surface area contributed by atoms with Gasteiger partial charge in [0.05, 0.1) is 6.54 Å². The van der Waals surface area contributed by atoms with Crippen LogP contribution in [0.25, 0.3) is 0 Å². The van der Waals surface area contributed by atoms with E-state index in [1.165, 1.54) is 0 Å². The first-order chi connectivity index (χ1) is 11.6. The lowest BCUT2D eigenvalue weighted by Gasteiger charge is -2.19. The van der Waals surface area contributed by atoms with Gasteiger partial charge in [-0.3, -0.25) is 9.69 Å². The van der Waals surface area contributed by atoms with E-state index < -0.39 is 5.66 Å². The minimum Gasteiger partial charge on any atom is -0.443 e. The molecule has 3 aliphatic rings. The van der Waals surface area contributed by atoms with Gasteiger partial charge in [-0.2, -0.15) is 10.2 Å². The molecule has 2 N–H and O–H groups in total. The zero-order valence-corrected chi connectivity index (χ0v) is 13.7. The summed E-state index contributed by atoms with van der Waals surface area (Å²) >= 11 is 0. The molecule has 2 atom stereocenters. The van der Waals surface area contributed by atoms with Crippen LogP contribution < -0.4 is 10.6 Å². The molecule has 1 unspecified atom stereocenters. The van der Waals surface area contributed by atoms with E-state index >= 15 is 0 Å². The fraction of sp³-hybridized carbons (Fsp3) is 0.750. The molecule has 3 rings (SSSR count). The lowest BCUT2D eigenvalue weighted by molar-refractivity contribution is -0.122. The zero-order chi connectivity index (χ0) is 17.0. The van der Waals surface area contributed by atoms with Gasteiger partial charge in [-0.25, -0.2) is 4.79 Å². The average molecular weight is 333 g/mol. The van der Waals surface area contributed by atoms with Crippen LogP contribution in [0.1, 0.15) is 32.1 Å². The van der Waals surface area contributed by atoms with Crippen LogP contribution in [0.3, 0.4) is 0 Å². The Morgan fingerprint density at radius 3 is 3.00 bits per heavy atom. The Morgan fingerprint density at radius 2 is 2.33 bits per heavy atom. The normalized spacial score (nSPS) is 27.4. The number of ether oxygens (including phenoxy) is 1. The summed E-state index contributed by atoms with van der Waals surface area (Å²) in [6, 6.07) is 0.150. The second-order valence-corrected chi connectivity index (χ2v) is 6.61. The fourth-order valence-corrected chi connectivity index (χ4v) is 3.22. The predicted molar refractivity (Wildman–Crippen MR) is 86.1 cm³/mol. The van der Waals surface area contributed by atoms with Crippen LogP contribution in [0, 0.1) is 12.3 Å². The highest BCUT2D eigenvalue weighted by Crippen LogP contribution is 2.37. The third kappa shape index (κ3) is 4.45. The van der Waals surface area contributed by atoms with Crippen molar-refractivity contribution in [3.63, 3.8) is 0 Å². The summed E-state index contributed by atoms with van der Waals surface area (Å²) in [6.45, 7) is 2.95. The quantitative estimate of drug-likeness (QED) is 0.637. The van der Waals surface area contributed by atoms with Crippen LogP contribution in [0.5, 0.6) is 0 Å². The van der Waals surface area contributed by atoms with Crippen molar-refractivity contribution in [2.24, 2.45) is 10.2 Å². The highest BCUT2D eigenvalue weighted by molar-refractivity contribution is 5.76. The summed E-state index contributed by atoms with van der Waals surface area (Å²) in [5, 5.41) is 13.8. The molecule has 0 spiro atoms. The highest BCUT2D eigenvalue weighted by atomic mass is 16.6. The Morgan fingerprint density at radius 1 is 1.50 bits per heavy atom. The molecule has 8 nitrogen and oxygen atoms in total. The number of alkyl carbamates (subject to hydrolysis) is 1. The Hall–Kier alpha value is -2.14. The lowest BCUT2D eigenvalue weighted by Crippen LogP contribution is -2.39. The van der Waals surface area contributed by atoms with Gasteiger partial charge in [0.1, 0.15) is 6.10 Å². The van der Waals surface area contributed by atoms with Gasteiger partial charge < -0.3 is 15.4 Å². The van der Waals surface area contributed by atoms with Gasteiger partial charge in [0.25, 0.3) is 0 Å². The predicted octanol–water partition coefficient (Wildman–Crippen LogP) is 0.641. The number of cyclic esters (lactones) is 1. The monoisotopic (exact) mass is 333 g/mol. The summed E-state index contributed by atoms with van der Waals surface area (Å²) in [5.41, 5.74) is -0.398. The van der Waals surface area contributed by atoms with Crippen molar-refractivity contribution < 1.29 is 14.3 Å². The molecule has 0 saturated carbocycles. The number of nitrogens with zero attached hydrogens (tertiary/aromatic N) is 3. The van der Waals surface area contributed by atoms with Crippen molar-refractivity contribution in [1.82, 2.24) is 15.5 Å². The minimum absolute atomic E-state index is 0.0354. The summed E-state index contributed by atoms with van der Waals surface area (Å²) in [5.74, 6) is 2.62. The summed E-state index contributed by atoms with van der Waals surface area (Å²) in [6.07, 6.45) is 8.12. The van der Waals surface area contributed by atoms with E-state index in [0.717, 1.165) is 25.9 Å². The first-order valence-electron chi connectivity index (χ1n) is 8.42. The maximum absolute atomic E-state index is 12.1. The number of hydrogen-bond donors (Lipinski definition) is 2. The lowest BCUT2D eigenvalue weighted by atomic mass is 10.0. The van der Waals surface area contributed by atoms with Gasteiger partial charge in [-0.15, -0.1) is 12.3 Å². The second-order valence-electron chi connectivity index (χ2n) is 6.61. The van der Waals surface area contributed by atoms with E-state index in [4.69, 9.17) is 11.2 Å². The molecule has 3 aliphatic heterocycles. The number of rotatable bonds is 8. The summed E-state index contributed by atoms with van der Waals surface area (Å²) in [4.78, 5) is 25.4. The van der Waals surface area contributed by atoms with Gasteiger partial charge >= 0.3 is 6.09 Å². The van der Waals surface area contributed by atoms with Crippen molar-refractivity contribution in [3.05, 3.63) is 0 Å². The molecular weight excluding hydrogens is 310 g/mol. The molecule has 0 aliphatic carbocycles. The van der Waals surface area contributed by atoms with Crippen LogP contribution in [-0.2, 0) is 9.53 Å². The van der Waals surface area contributed by atoms with E-state index in [9.17, 15) is 9.59 Å². The number of hydrogen-bond acceptors (Lipinski definition) is 6. The maximum atomic E-state index is 12.1. The highest BCUT2D eigenvalue weighted by Gasteiger charge is 2.39. The number of carbonyl (C=O) groups is 2. The van der Waals surface area contributed by atoms with Gasteiger partial charge in [-0.1, -0.05) is 0 Å². The Kier molecular flexibility index (Phi) is 5.00. The molecule has 130 valence electrons. The third-order valence-electron chi connectivity index (χ3n) is 4.65. The second kappa shape index (κ2) is 7.18. The first kappa shape index (κ1) is 16.7. The van der Waals surface area contributed by atoms with Crippen LogP contribution >= 0.6 is 0 Å². The van der Waals surface area contributed by atoms with Crippen LogP contribution in [-0.4, -0.2) is 60.9 Å². The Bertz CT molecular complexity index is 565. The molecule has 8 heteroatoms. The zero-order valence-electron chi connectivity index (χ0n) is 13.7. The first-order valence-corrected chi connectivity index (χ1v) is 8.42. The third-order valence-corrected chi connectivity index (χ3v) is 4.65. The molecule has 0 aromatic carbocycles. The number of amides is 2. The van der Waals surface area contributed by atoms with Crippen molar-refractivity contribution in [1.29, 1.82) is 0 Å². The van der Waals surface area contributed by atoms with Crippen molar-refractivity contribution >= 4 is 12.0 Å². The van der Waals surface area contributed by atoms with Gasteiger partial charge in [0.15, 0.2) is 5.66 Å². The van der Waals surface area contributed by atoms with E-state index in [2.05, 4.69) is 31.7 Å². The molecule has 24 heavy (non-hydrogen) atoms. The smallest absolute Gasteiger partial charge is 0.407 e. The van der Waals surface area contributed by atoms with Gasteiger partial charge in [-0.05, 0) is 6.42 Å².